The van der Waals surface area contributed by atoms with Gasteiger partial charge < -0.3 is 39.9 Å². The minimum absolute atomic E-state index is 0.0112. The molecule has 0 radical (unpaired) electrons. The summed E-state index contributed by atoms with van der Waals surface area (Å²) in [4.78, 5) is 35.6. The van der Waals surface area contributed by atoms with Crippen LogP contribution in [0.5, 0.6) is 0 Å². The number of carbonyl (C=O) groups is 2. The minimum atomic E-state index is -5.15. The van der Waals surface area contributed by atoms with E-state index in [2.05, 4.69) is 68.5 Å². The van der Waals surface area contributed by atoms with Gasteiger partial charge in [0.25, 0.3) is 0 Å². The van der Waals surface area contributed by atoms with E-state index in [0.717, 1.165) is 57.8 Å². The lowest BCUT2D eigenvalue weighted by Gasteiger charge is -2.41. The van der Waals surface area contributed by atoms with Crippen LogP contribution in [0.25, 0.3) is 0 Å². The predicted molar refractivity (Wildman–Crippen MR) is 248 cm³/mol. The summed E-state index contributed by atoms with van der Waals surface area (Å²) < 4.78 is 33.4. The van der Waals surface area contributed by atoms with Gasteiger partial charge in [0.2, 0.25) is 0 Å². The van der Waals surface area contributed by atoms with Crippen LogP contribution in [0.3, 0.4) is 0 Å². The first kappa shape index (κ1) is 57.5. The Morgan fingerprint density at radius 2 is 0.984 bits per heavy atom. The second-order valence-electron chi connectivity index (χ2n) is 15.3. The number of aliphatic hydroxyl groups is 5. The van der Waals surface area contributed by atoms with Crippen molar-refractivity contribution in [3.8, 4) is 0 Å². The fourth-order valence-electron chi connectivity index (χ4n) is 6.06. The van der Waals surface area contributed by atoms with Crippen molar-refractivity contribution in [2.45, 2.75) is 172 Å². The maximum Gasteiger partial charge on any atom is 0.472 e. The van der Waals surface area contributed by atoms with E-state index in [-0.39, 0.29) is 12.8 Å². The zero-order valence-electron chi connectivity index (χ0n) is 37.6. The van der Waals surface area contributed by atoms with Crippen LogP contribution < -0.4 is 0 Å². The highest BCUT2D eigenvalue weighted by Gasteiger charge is 2.51. The molecule has 0 aromatic carbocycles. The number of rotatable bonds is 35. The lowest BCUT2D eigenvalue weighted by molar-refractivity contribution is -0.220. The van der Waals surface area contributed by atoms with Gasteiger partial charge >= 0.3 is 19.8 Å². The molecule has 1 saturated carbocycles. The molecule has 1 rings (SSSR count). The molecule has 1 aliphatic carbocycles. The van der Waals surface area contributed by atoms with Gasteiger partial charge in [-0.3, -0.25) is 18.6 Å². The number of hydrogen-bond donors (Lipinski definition) is 6. The number of allylic oxidation sites excluding steroid dienone is 18. The average Bonchev–Trinajstić information content (AvgIpc) is 3.26. The van der Waals surface area contributed by atoms with Gasteiger partial charge in [0, 0.05) is 12.8 Å². The molecule has 0 bridgehead atoms. The highest BCUT2D eigenvalue weighted by Crippen LogP contribution is 2.47. The third-order valence-corrected chi connectivity index (χ3v) is 10.7. The Labute approximate surface area is 376 Å². The van der Waals surface area contributed by atoms with Gasteiger partial charge in [-0.15, -0.1) is 0 Å². The fraction of sp³-hybridized carbons (Fsp3) is 0.592. The number of aliphatic hydroxyl groups excluding tert-OH is 5. The van der Waals surface area contributed by atoms with Gasteiger partial charge in [-0.2, -0.15) is 0 Å². The molecule has 0 aromatic heterocycles. The molecule has 13 nitrogen and oxygen atoms in total. The van der Waals surface area contributed by atoms with E-state index in [1.165, 1.54) is 25.7 Å². The highest BCUT2D eigenvalue weighted by atomic mass is 31.2. The lowest BCUT2D eigenvalue weighted by atomic mass is 9.85. The molecule has 6 N–H and O–H groups in total. The molecular weight excluding hydrogens is 828 g/mol. The van der Waals surface area contributed by atoms with Gasteiger partial charge in [0.1, 0.15) is 43.2 Å². The third kappa shape index (κ3) is 30.3. The van der Waals surface area contributed by atoms with Crippen molar-refractivity contribution < 1.29 is 63.1 Å². The number of esters is 2. The summed E-state index contributed by atoms with van der Waals surface area (Å²) >= 11 is 0. The summed E-state index contributed by atoms with van der Waals surface area (Å²) in [5.74, 6) is -1.22. The molecule has 356 valence electrons. The zero-order valence-corrected chi connectivity index (χ0v) is 38.5. The summed E-state index contributed by atoms with van der Waals surface area (Å²) in [6, 6.07) is 0. The molecule has 0 spiro atoms. The maximum atomic E-state index is 12.8. The summed E-state index contributed by atoms with van der Waals surface area (Å²) in [7, 11) is -5.15. The van der Waals surface area contributed by atoms with Crippen molar-refractivity contribution in [3.05, 3.63) is 109 Å². The molecule has 1 fully saturated rings. The quantitative estimate of drug-likeness (QED) is 0.0116. The molecule has 14 heteroatoms. The Kier molecular flexibility index (Phi) is 34.6. The number of phosphoric acid groups is 1. The van der Waals surface area contributed by atoms with E-state index >= 15 is 0 Å². The molecule has 7 unspecified atom stereocenters. The lowest BCUT2D eigenvalue weighted by Crippen LogP contribution is -2.64. The molecule has 0 aromatic rings. The van der Waals surface area contributed by atoms with E-state index in [0.29, 0.717) is 19.3 Å². The summed E-state index contributed by atoms with van der Waals surface area (Å²) in [6.45, 7) is 3.02. The molecule has 0 saturated heterocycles. The van der Waals surface area contributed by atoms with Crippen molar-refractivity contribution in [3.63, 3.8) is 0 Å². The Morgan fingerprint density at radius 3 is 1.56 bits per heavy atom. The number of phosphoric ester groups is 1. The van der Waals surface area contributed by atoms with Crippen LogP contribution in [0.1, 0.15) is 129 Å². The van der Waals surface area contributed by atoms with Gasteiger partial charge in [0.15, 0.2) is 6.10 Å². The first-order chi connectivity index (χ1) is 30.4. The second kappa shape index (κ2) is 37.8. The fourth-order valence-corrected chi connectivity index (χ4v) is 7.04. The van der Waals surface area contributed by atoms with Gasteiger partial charge in [0.05, 0.1) is 6.61 Å². The van der Waals surface area contributed by atoms with Crippen LogP contribution in [-0.2, 0) is 32.7 Å². The molecule has 1 aliphatic rings. The number of ether oxygens (including phenoxy) is 2. The van der Waals surface area contributed by atoms with Crippen molar-refractivity contribution >= 4 is 19.8 Å². The van der Waals surface area contributed by atoms with Crippen LogP contribution in [0.2, 0.25) is 0 Å². The van der Waals surface area contributed by atoms with E-state index in [9.17, 15) is 44.6 Å². The first-order valence-electron chi connectivity index (χ1n) is 22.8. The van der Waals surface area contributed by atoms with Crippen molar-refractivity contribution in [2.24, 2.45) is 0 Å². The first-order valence-corrected chi connectivity index (χ1v) is 24.3. The Morgan fingerprint density at radius 1 is 0.524 bits per heavy atom. The van der Waals surface area contributed by atoms with Gasteiger partial charge in [-0.05, 0) is 70.6 Å². The zero-order chi connectivity index (χ0) is 46.4. The van der Waals surface area contributed by atoms with Crippen molar-refractivity contribution in [2.75, 3.05) is 13.2 Å². The normalized spacial score (nSPS) is 22.7. The van der Waals surface area contributed by atoms with Crippen LogP contribution in [0, 0.1) is 0 Å². The SMILES string of the molecule is CC/C=C/C=C/C=C/C=C/C=C/CCCC(=O)OC(COC(=O)CCCCCCC/C=C/C/C=C/C/C=C/C/C=C/CCCCC)COP(=O)(O)OC1C(O)C(O)C(O)[C@H](O)C1O. The molecule has 8 atom stereocenters. The number of unbranched alkanes of at least 4 members (excludes halogenated alkanes) is 9. The van der Waals surface area contributed by atoms with Crippen LogP contribution >= 0.6 is 7.82 Å². The van der Waals surface area contributed by atoms with E-state index in [1.54, 1.807) is 0 Å². The van der Waals surface area contributed by atoms with Crippen LogP contribution in [0.15, 0.2) is 109 Å². The van der Waals surface area contributed by atoms with E-state index in [1.807, 2.05) is 54.7 Å². The number of carbonyl (C=O) groups excluding carboxylic acids is 2. The number of hydrogen-bond acceptors (Lipinski definition) is 12. The topological polar surface area (TPSA) is 210 Å². The molecule has 63 heavy (non-hydrogen) atoms. The average molecular weight is 905 g/mol. The molecular formula is C49H77O13P. The van der Waals surface area contributed by atoms with Crippen molar-refractivity contribution in [1.82, 2.24) is 0 Å². The summed E-state index contributed by atoms with van der Waals surface area (Å²) in [5.41, 5.74) is 0. The summed E-state index contributed by atoms with van der Waals surface area (Å²) in [5, 5.41) is 50.1. The smallest absolute Gasteiger partial charge is 0.462 e. The highest BCUT2D eigenvalue weighted by molar-refractivity contribution is 7.47. The van der Waals surface area contributed by atoms with Crippen LogP contribution in [-0.4, -0.2) is 98.3 Å². The standard InChI is InChI=1S/C49H77O13P/c1-3-5-7-9-11-13-15-17-18-19-20-21-22-23-24-26-27-29-31-33-35-37-42(50)59-39-41(40-60-63(57,58)62-49-47(55)45(53)44(52)46(54)48(49)56)61-43(51)38-36-34-32-30-28-25-16-14-12-10-8-6-4-2/h6,8,10-14,16-18,20-21,23-25,28,30,32,41,44-49,52-56H,3-5,7,9,15,19,22,26-27,29,31,33-40H2,1-2H3,(H,57,58)/b8-6+,12-10+,13-11+,16-14+,18-17+,21-20+,24-23+,28-25+,32-30+/t41?,44?,45-,46?,47?,48?,49?/m0/s1. The second-order valence-corrected chi connectivity index (χ2v) is 16.7. The Bertz CT molecular complexity index is 1510. The Hall–Kier alpha value is -3.49. The van der Waals surface area contributed by atoms with E-state index < -0.39 is 75.7 Å². The molecule has 0 heterocycles. The predicted octanol–water partition coefficient (Wildman–Crippen LogP) is 8.83. The monoisotopic (exact) mass is 905 g/mol. The molecule has 0 amide bonds. The largest absolute Gasteiger partial charge is 0.472 e. The van der Waals surface area contributed by atoms with E-state index in [4.69, 9.17) is 18.5 Å². The molecule has 0 aliphatic heterocycles. The summed E-state index contributed by atoms with van der Waals surface area (Å²) in [6.07, 6.45) is 38.7. The maximum absolute atomic E-state index is 12.8. The van der Waals surface area contributed by atoms with Gasteiger partial charge in [-0.1, -0.05) is 155 Å². The Balaban J connectivity index is 2.50. The third-order valence-electron chi connectivity index (χ3n) is 9.73. The van der Waals surface area contributed by atoms with Crippen LogP contribution in [0.4, 0.5) is 0 Å². The van der Waals surface area contributed by atoms with Crippen molar-refractivity contribution in [1.29, 1.82) is 0 Å². The van der Waals surface area contributed by atoms with Gasteiger partial charge in [-0.25, -0.2) is 4.57 Å². The minimum Gasteiger partial charge on any atom is -0.462 e.